The molecule has 0 unspecified atom stereocenters. The normalized spacial score (nSPS) is 11.2. The van der Waals surface area contributed by atoms with E-state index >= 15 is 0 Å². The minimum absolute atomic E-state index is 1.29. The van der Waals surface area contributed by atoms with E-state index in [0.29, 0.717) is 0 Å². The second-order valence-electron chi connectivity index (χ2n) is 3.51. The molecule has 0 aliphatic rings. The molecule has 0 radical (unpaired) electrons. The van der Waals surface area contributed by atoms with Crippen LogP contribution in [0.15, 0.2) is 12.2 Å². The molecule has 0 fully saturated rings. The monoisotopic (exact) mass is 294 g/mol. The summed E-state index contributed by atoms with van der Waals surface area (Å²) in [5, 5.41) is 0. The summed E-state index contributed by atoms with van der Waals surface area (Å²) in [5.41, 5.74) is 0. The SMILES string of the molecule is CCCCC/C=C/CCCCCI. The van der Waals surface area contributed by atoms with Gasteiger partial charge in [0.15, 0.2) is 0 Å². The third-order valence-electron chi connectivity index (χ3n) is 2.15. The number of halogens is 1. The predicted octanol–water partition coefficient (Wildman–Crippen LogP) is 5.12. The third-order valence-corrected chi connectivity index (χ3v) is 2.91. The van der Waals surface area contributed by atoms with Crippen molar-refractivity contribution >= 4 is 22.6 Å². The summed E-state index contributed by atoms with van der Waals surface area (Å²) in [7, 11) is 0. The van der Waals surface area contributed by atoms with Crippen LogP contribution in [0.1, 0.15) is 58.3 Å². The Morgan fingerprint density at radius 3 is 2.00 bits per heavy atom. The van der Waals surface area contributed by atoms with Crippen molar-refractivity contribution in [1.82, 2.24) is 0 Å². The molecular weight excluding hydrogens is 271 g/mol. The molecule has 0 nitrogen and oxygen atoms in total. The van der Waals surface area contributed by atoms with Gasteiger partial charge in [0.25, 0.3) is 0 Å². The fraction of sp³-hybridized carbons (Fsp3) is 0.833. The van der Waals surface area contributed by atoms with Crippen molar-refractivity contribution in [3.05, 3.63) is 12.2 Å². The zero-order chi connectivity index (χ0) is 9.78. The van der Waals surface area contributed by atoms with Crippen molar-refractivity contribution in [2.24, 2.45) is 0 Å². The summed E-state index contributed by atoms with van der Waals surface area (Å²) in [6.45, 7) is 2.26. The van der Waals surface area contributed by atoms with E-state index in [0.717, 1.165) is 0 Å². The van der Waals surface area contributed by atoms with Crippen molar-refractivity contribution in [2.75, 3.05) is 4.43 Å². The van der Waals surface area contributed by atoms with Gasteiger partial charge in [-0.3, -0.25) is 0 Å². The van der Waals surface area contributed by atoms with Gasteiger partial charge in [0.05, 0.1) is 0 Å². The standard InChI is InChI=1S/C12H23I/c1-2-3-4-5-6-7-8-9-10-11-12-13/h6-7H,2-5,8-12H2,1H3/b7-6+. The Bertz CT molecular complexity index is 108. The van der Waals surface area contributed by atoms with Crippen LogP contribution < -0.4 is 0 Å². The molecular formula is C12H23I. The molecule has 13 heavy (non-hydrogen) atoms. The number of alkyl halides is 1. The summed E-state index contributed by atoms with van der Waals surface area (Å²) >= 11 is 2.45. The summed E-state index contributed by atoms with van der Waals surface area (Å²) in [6, 6.07) is 0. The minimum atomic E-state index is 1.29. The average Bonchev–Trinajstić information content (AvgIpc) is 2.16. The minimum Gasteiger partial charge on any atom is -0.0885 e. The van der Waals surface area contributed by atoms with E-state index in [-0.39, 0.29) is 0 Å². The Hall–Kier alpha value is 0.470. The topological polar surface area (TPSA) is 0 Å². The van der Waals surface area contributed by atoms with Gasteiger partial charge in [-0.25, -0.2) is 0 Å². The van der Waals surface area contributed by atoms with E-state index in [1.165, 1.54) is 55.8 Å². The zero-order valence-corrected chi connectivity index (χ0v) is 11.1. The van der Waals surface area contributed by atoms with Gasteiger partial charge in [0, 0.05) is 0 Å². The van der Waals surface area contributed by atoms with E-state index in [1.54, 1.807) is 0 Å². The Labute approximate surface area is 97.3 Å². The highest BCUT2D eigenvalue weighted by atomic mass is 127. The van der Waals surface area contributed by atoms with Gasteiger partial charge >= 0.3 is 0 Å². The molecule has 0 spiro atoms. The lowest BCUT2D eigenvalue weighted by Gasteiger charge is -1.94. The number of hydrogen-bond donors (Lipinski definition) is 0. The van der Waals surface area contributed by atoms with Crippen LogP contribution in [0.5, 0.6) is 0 Å². The lowest BCUT2D eigenvalue weighted by atomic mass is 10.1. The molecule has 0 saturated carbocycles. The maximum atomic E-state index is 2.45. The van der Waals surface area contributed by atoms with Crippen LogP contribution in [0.3, 0.4) is 0 Å². The predicted molar refractivity (Wildman–Crippen MR) is 70.6 cm³/mol. The molecule has 0 N–H and O–H groups in total. The lowest BCUT2D eigenvalue weighted by Crippen LogP contribution is -1.76. The molecule has 0 aromatic carbocycles. The molecule has 0 saturated heterocycles. The summed E-state index contributed by atoms with van der Waals surface area (Å²) in [4.78, 5) is 0. The Morgan fingerprint density at radius 1 is 0.846 bits per heavy atom. The second-order valence-corrected chi connectivity index (χ2v) is 4.58. The molecule has 0 atom stereocenters. The second kappa shape index (κ2) is 12.5. The van der Waals surface area contributed by atoms with E-state index in [1.807, 2.05) is 0 Å². The van der Waals surface area contributed by atoms with Crippen LogP contribution in [0.2, 0.25) is 0 Å². The maximum Gasteiger partial charge on any atom is -0.000473 e. The Balaban J connectivity index is 2.95. The van der Waals surface area contributed by atoms with Crippen molar-refractivity contribution < 1.29 is 0 Å². The van der Waals surface area contributed by atoms with Crippen molar-refractivity contribution in [2.45, 2.75) is 58.3 Å². The maximum absolute atomic E-state index is 2.45. The molecule has 0 aliphatic carbocycles. The van der Waals surface area contributed by atoms with Gasteiger partial charge in [-0.15, -0.1) is 0 Å². The first-order valence-electron chi connectivity index (χ1n) is 5.62. The van der Waals surface area contributed by atoms with Crippen LogP contribution >= 0.6 is 22.6 Å². The van der Waals surface area contributed by atoms with Gasteiger partial charge in [0.1, 0.15) is 0 Å². The Morgan fingerprint density at radius 2 is 1.46 bits per heavy atom. The average molecular weight is 294 g/mol. The van der Waals surface area contributed by atoms with Crippen LogP contribution in [-0.2, 0) is 0 Å². The molecule has 0 rings (SSSR count). The largest absolute Gasteiger partial charge is 0.0885 e. The van der Waals surface area contributed by atoms with Crippen LogP contribution in [0.4, 0.5) is 0 Å². The van der Waals surface area contributed by atoms with Gasteiger partial charge in [-0.2, -0.15) is 0 Å². The fourth-order valence-corrected chi connectivity index (χ4v) is 1.82. The van der Waals surface area contributed by atoms with Crippen molar-refractivity contribution in [3.8, 4) is 0 Å². The highest BCUT2D eigenvalue weighted by Gasteiger charge is 1.85. The number of allylic oxidation sites excluding steroid dienone is 2. The smallest absolute Gasteiger partial charge is 0.000473 e. The molecule has 78 valence electrons. The zero-order valence-electron chi connectivity index (χ0n) is 8.90. The number of hydrogen-bond acceptors (Lipinski definition) is 0. The van der Waals surface area contributed by atoms with Crippen LogP contribution in [-0.4, -0.2) is 4.43 Å². The van der Waals surface area contributed by atoms with Crippen LogP contribution in [0, 0.1) is 0 Å². The molecule has 1 heteroatoms. The summed E-state index contributed by atoms with van der Waals surface area (Å²) < 4.78 is 1.32. The quantitative estimate of drug-likeness (QED) is 0.240. The van der Waals surface area contributed by atoms with Crippen molar-refractivity contribution in [3.63, 3.8) is 0 Å². The van der Waals surface area contributed by atoms with Gasteiger partial charge < -0.3 is 0 Å². The van der Waals surface area contributed by atoms with Crippen LogP contribution in [0.25, 0.3) is 0 Å². The highest BCUT2D eigenvalue weighted by molar-refractivity contribution is 14.1. The molecule has 0 aromatic heterocycles. The van der Waals surface area contributed by atoms with E-state index in [4.69, 9.17) is 0 Å². The fourth-order valence-electron chi connectivity index (χ4n) is 1.28. The summed E-state index contributed by atoms with van der Waals surface area (Å²) in [5.74, 6) is 0. The first-order valence-corrected chi connectivity index (χ1v) is 7.15. The molecule has 0 heterocycles. The Kier molecular flexibility index (Phi) is 12.9. The van der Waals surface area contributed by atoms with Gasteiger partial charge in [-0.1, -0.05) is 60.9 Å². The summed E-state index contributed by atoms with van der Waals surface area (Å²) in [6.07, 6.45) is 15.6. The van der Waals surface area contributed by atoms with E-state index in [2.05, 4.69) is 41.7 Å². The van der Waals surface area contributed by atoms with Gasteiger partial charge in [0.2, 0.25) is 0 Å². The van der Waals surface area contributed by atoms with Crippen molar-refractivity contribution in [1.29, 1.82) is 0 Å². The first kappa shape index (κ1) is 13.5. The van der Waals surface area contributed by atoms with Gasteiger partial charge in [-0.05, 0) is 36.5 Å². The molecule has 0 amide bonds. The third kappa shape index (κ3) is 12.5. The number of rotatable bonds is 9. The van der Waals surface area contributed by atoms with E-state index in [9.17, 15) is 0 Å². The van der Waals surface area contributed by atoms with E-state index < -0.39 is 0 Å². The molecule has 0 aromatic rings. The highest BCUT2D eigenvalue weighted by Crippen LogP contribution is 2.04. The molecule has 0 bridgehead atoms. The first-order chi connectivity index (χ1) is 6.41. The number of unbranched alkanes of at least 4 members (excludes halogenated alkanes) is 6. The lowest BCUT2D eigenvalue weighted by molar-refractivity contribution is 0.719. The molecule has 0 aliphatic heterocycles.